The topological polar surface area (TPSA) is 50.8 Å². The van der Waals surface area contributed by atoms with E-state index >= 15 is 0 Å². The summed E-state index contributed by atoms with van der Waals surface area (Å²) >= 11 is 0. The highest BCUT2D eigenvalue weighted by atomic mass is 19.4. The zero-order chi connectivity index (χ0) is 26.6. The van der Waals surface area contributed by atoms with Crippen LogP contribution in [0.4, 0.5) is 17.6 Å². The van der Waals surface area contributed by atoms with Gasteiger partial charge in [-0.3, -0.25) is 9.69 Å². The van der Waals surface area contributed by atoms with E-state index in [1.165, 1.54) is 35.9 Å². The third-order valence-corrected chi connectivity index (χ3v) is 7.67. The third kappa shape index (κ3) is 6.82. The maximum atomic E-state index is 13.3. The second kappa shape index (κ2) is 11.4. The maximum Gasteiger partial charge on any atom is 0.573 e. The molecule has 2 aliphatic rings. The Kier molecular flexibility index (Phi) is 8.43. The fourth-order valence-corrected chi connectivity index (χ4v) is 5.48. The molecule has 0 radical (unpaired) electrons. The lowest BCUT2D eigenvalue weighted by molar-refractivity contribution is -0.274. The number of halogens is 4. The average molecular weight is 523 g/mol. The second-order valence-corrected chi connectivity index (χ2v) is 10.3. The van der Waals surface area contributed by atoms with Gasteiger partial charge in [-0.25, -0.2) is 4.39 Å². The van der Waals surface area contributed by atoms with Crippen molar-refractivity contribution in [3.8, 4) is 5.75 Å². The van der Waals surface area contributed by atoms with Crippen molar-refractivity contribution in [3.05, 3.63) is 65.5 Å². The number of ether oxygens (including phenoxy) is 2. The number of likely N-dealkylation sites (tertiary alicyclic amines) is 1. The van der Waals surface area contributed by atoms with Gasteiger partial charge in [0, 0.05) is 12.6 Å². The molecule has 0 saturated carbocycles. The van der Waals surface area contributed by atoms with Crippen molar-refractivity contribution in [2.45, 2.75) is 70.0 Å². The third-order valence-electron chi connectivity index (χ3n) is 7.67. The van der Waals surface area contributed by atoms with E-state index in [1.807, 2.05) is 26.0 Å². The first-order chi connectivity index (χ1) is 17.6. The summed E-state index contributed by atoms with van der Waals surface area (Å²) in [5, 5.41) is 2.86. The van der Waals surface area contributed by atoms with E-state index in [1.54, 1.807) is 6.07 Å². The average Bonchev–Trinajstić information content (AvgIpc) is 2.87. The predicted octanol–water partition coefficient (Wildman–Crippen LogP) is 5.79. The summed E-state index contributed by atoms with van der Waals surface area (Å²) in [4.78, 5) is 15.7. The molecule has 4 rings (SSSR count). The van der Waals surface area contributed by atoms with Crippen LogP contribution in [0.5, 0.6) is 5.75 Å². The fraction of sp³-hybridized carbons (Fsp3) is 0.536. The van der Waals surface area contributed by atoms with Crippen LogP contribution in [0.15, 0.2) is 48.5 Å². The molecule has 202 valence electrons. The Morgan fingerprint density at radius 3 is 2.43 bits per heavy atom. The van der Waals surface area contributed by atoms with Crippen LogP contribution in [0.25, 0.3) is 0 Å². The van der Waals surface area contributed by atoms with Crippen LogP contribution in [0.3, 0.4) is 0 Å². The van der Waals surface area contributed by atoms with E-state index in [2.05, 4.69) is 15.0 Å². The molecular formula is C28H34F4N2O3. The molecule has 2 aromatic carbocycles. The first-order valence-electron chi connectivity index (χ1n) is 12.8. The summed E-state index contributed by atoms with van der Waals surface area (Å²) in [7, 11) is 0. The molecule has 2 aromatic rings. The summed E-state index contributed by atoms with van der Waals surface area (Å²) < 4.78 is 61.1. The van der Waals surface area contributed by atoms with Crippen molar-refractivity contribution in [2.75, 3.05) is 19.7 Å². The van der Waals surface area contributed by atoms with Crippen LogP contribution in [0, 0.1) is 11.7 Å². The van der Waals surface area contributed by atoms with E-state index in [-0.39, 0.29) is 36.0 Å². The monoisotopic (exact) mass is 522 g/mol. The maximum absolute atomic E-state index is 13.3. The van der Waals surface area contributed by atoms with Gasteiger partial charge < -0.3 is 14.8 Å². The molecule has 0 aromatic heterocycles. The molecule has 2 heterocycles. The Morgan fingerprint density at radius 2 is 1.84 bits per heavy atom. The van der Waals surface area contributed by atoms with Gasteiger partial charge in [0.25, 0.3) is 5.91 Å². The molecule has 37 heavy (non-hydrogen) atoms. The molecule has 5 nitrogen and oxygen atoms in total. The number of piperidine rings is 1. The van der Waals surface area contributed by atoms with E-state index in [0.29, 0.717) is 24.5 Å². The number of alkyl halides is 3. The van der Waals surface area contributed by atoms with Gasteiger partial charge in [0.15, 0.2) is 0 Å². The van der Waals surface area contributed by atoms with Gasteiger partial charge in [-0.2, -0.15) is 0 Å². The molecule has 2 saturated heterocycles. The van der Waals surface area contributed by atoms with Gasteiger partial charge in [-0.15, -0.1) is 13.2 Å². The molecule has 2 aliphatic heterocycles. The summed E-state index contributed by atoms with van der Waals surface area (Å²) in [6, 6.07) is 12.6. The Hall–Kier alpha value is -2.65. The number of amides is 1. The minimum Gasteiger partial charge on any atom is -0.406 e. The van der Waals surface area contributed by atoms with Crippen molar-refractivity contribution in [3.63, 3.8) is 0 Å². The number of nitrogens with one attached hydrogen (secondary N) is 1. The van der Waals surface area contributed by atoms with E-state index in [9.17, 15) is 22.4 Å². The molecule has 2 atom stereocenters. The molecule has 0 bridgehead atoms. The van der Waals surface area contributed by atoms with Gasteiger partial charge in [-0.05, 0) is 86.0 Å². The minimum atomic E-state index is -4.77. The Balaban J connectivity index is 1.30. The van der Waals surface area contributed by atoms with E-state index in [0.717, 1.165) is 32.4 Å². The molecule has 0 aliphatic carbocycles. The number of carbonyl (C=O) groups is 1. The SMILES string of the molecule is CC(C)C1(C(=O)NCc2cccc(OC(F)(F)F)c2)CC[C@@H](N2CCC(c3ccc(F)cc3)CC2)CO1. The summed E-state index contributed by atoms with van der Waals surface area (Å²) in [5.41, 5.74) is 0.696. The Morgan fingerprint density at radius 1 is 1.14 bits per heavy atom. The first kappa shape index (κ1) is 27.4. The van der Waals surface area contributed by atoms with Crippen LogP contribution in [0.1, 0.15) is 56.6 Å². The number of carbonyl (C=O) groups excluding carboxylic acids is 1. The summed E-state index contributed by atoms with van der Waals surface area (Å²) in [6.45, 7) is 6.27. The van der Waals surface area contributed by atoms with Gasteiger partial charge in [0.2, 0.25) is 0 Å². The largest absolute Gasteiger partial charge is 0.573 e. The van der Waals surface area contributed by atoms with Gasteiger partial charge >= 0.3 is 6.36 Å². The van der Waals surface area contributed by atoms with Crippen molar-refractivity contribution < 1.29 is 31.8 Å². The number of rotatable bonds is 7. The quantitative estimate of drug-likeness (QED) is 0.468. The van der Waals surface area contributed by atoms with Crippen LogP contribution < -0.4 is 10.1 Å². The van der Waals surface area contributed by atoms with Crippen LogP contribution in [-0.2, 0) is 16.1 Å². The van der Waals surface area contributed by atoms with Gasteiger partial charge in [-0.1, -0.05) is 38.1 Å². The lowest BCUT2D eigenvalue weighted by Gasteiger charge is -2.46. The lowest BCUT2D eigenvalue weighted by Crippen LogP contribution is -2.58. The summed E-state index contributed by atoms with van der Waals surface area (Å²) in [6.07, 6.45) is -1.39. The van der Waals surface area contributed by atoms with Crippen LogP contribution in [-0.4, -0.2) is 48.5 Å². The van der Waals surface area contributed by atoms with Crippen molar-refractivity contribution in [1.29, 1.82) is 0 Å². The highest BCUT2D eigenvalue weighted by Crippen LogP contribution is 2.36. The van der Waals surface area contributed by atoms with E-state index in [4.69, 9.17) is 4.74 Å². The second-order valence-electron chi connectivity index (χ2n) is 10.3. The molecule has 9 heteroatoms. The molecule has 1 N–H and O–H groups in total. The van der Waals surface area contributed by atoms with Crippen LogP contribution >= 0.6 is 0 Å². The predicted molar refractivity (Wildman–Crippen MR) is 131 cm³/mol. The number of hydrogen-bond acceptors (Lipinski definition) is 4. The zero-order valence-electron chi connectivity index (χ0n) is 21.2. The molecule has 0 spiro atoms. The van der Waals surface area contributed by atoms with Gasteiger partial charge in [0.1, 0.15) is 17.2 Å². The standard InChI is InChI=1S/C28H34F4N2O3/c1-19(2)27(26(35)33-17-20-4-3-5-25(16-20)37-28(30,31)32)13-10-24(18-36-27)34-14-11-22(12-15-34)21-6-8-23(29)9-7-21/h3-9,16,19,22,24H,10-15,17-18H2,1-2H3,(H,33,35)/t24-,27?/m1/s1. The smallest absolute Gasteiger partial charge is 0.406 e. The van der Waals surface area contributed by atoms with Gasteiger partial charge in [0.05, 0.1) is 6.61 Å². The van der Waals surface area contributed by atoms with Crippen LogP contribution in [0.2, 0.25) is 0 Å². The number of benzene rings is 2. The van der Waals surface area contributed by atoms with Crippen molar-refractivity contribution >= 4 is 5.91 Å². The minimum absolute atomic E-state index is 0.0717. The summed E-state index contributed by atoms with van der Waals surface area (Å²) in [5.74, 6) is -0.447. The fourth-order valence-electron chi connectivity index (χ4n) is 5.48. The number of hydrogen-bond donors (Lipinski definition) is 1. The lowest BCUT2D eigenvalue weighted by atomic mass is 9.80. The molecule has 1 unspecified atom stereocenters. The molecule has 2 fully saturated rings. The normalized spacial score (nSPS) is 23.7. The number of nitrogens with zero attached hydrogens (tertiary/aromatic N) is 1. The van der Waals surface area contributed by atoms with Crippen molar-refractivity contribution in [1.82, 2.24) is 10.2 Å². The van der Waals surface area contributed by atoms with Crippen molar-refractivity contribution in [2.24, 2.45) is 5.92 Å². The first-order valence-corrected chi connectivity index (χ1v) is 12.8. The highest BCUT2D eigenvalue weighted by Gasteiger charge is 2.46. The molecule has 1 amide bonds. The Labute approximate surface area is 215 Å². The van der Waals surface area contributed by atoms with E-state index < -0.39 is 12.0 Å². The highest BCUT2D eigenvalue weighted by molar-refractivity contribution is 5.85. The molecular weight excluding hydrogens is 488 g/mol. The Bertz CT molecular complexity index is 1040. The zero-order valence-corrected chi connectivity index (χ0v) is 21.2.